The van der Waals surface area contributed by atoms with E-state index in [4.69, 9.17) is 4.98 Å². The van der Waals surface area contributed by atoms with Gasteiger partial charge in [0.1, 0.15) is 7.14 Å². The predicted molar refractivity (Wildman–Crippen MR) is 127 cm³/mol. The van der Waals surface area contributed by atoms with Gasteiger partial charge in [0, 0.05) is 42.5 Å². The Labute approximate surface area is 183 Å². The average Bonchev–Trinajstić information content (AvgIpc) is 3.10. The van der Waals surface area contributed by atoms with Gasteiger partial charge in [-0.3, -0.25) is 0 Å². The van der Waals surface area contributed by atoms with Gasteiger partial charge in [-0.1, -0.05) is 19.9 Å². The maximum atomic E-state index is 12.9. The van der Waals surface area contributed by atoms with Crippen LogP contribution in [0.15, 0.2) is 24.5 Å². The second-order valence-corrected chi connectivity index (χ2v) is 12.8. The Bertz CT molecular complexity index is 1230. The molecule has 0 spiro atoms. The first-order valence-electron chi connectivity index (χ1n) is 10.5. The Morgan fingerprint density at radius 2 is 2.10 bits per heavy atom. The molecule has 0 unspecified atom stereocenters. The highest BCUT2D eigenvalue weighted by atomic mass is 31.2. The summed E-state index contributed by atoms with van der Waals surface area (Å²) < 4.78 is 12.9. The first-order chi connectivity index (χ1) is 14.6. The molecule has 1 aliphatic rings. The minimum absolute atomic E-state index is 0.226. The fourth-order valence-corrected chi connectivity index (χ4v) is 5.92. The number of fused-ring (bicyclic) bond motifs is 1. The molecule has 162 valence electrons. The Morgan fingerprint density at radius 3 is 2.77 bits per heavy atom. The number of nitrogens with zero attached hydrogens (tertiary/aromatic N) is 3. The maximum absolute atomic E-state index is 12.9. The number of hydrogen-bond acceptors (Lipinski definition) is 6. The van der Waals surface area contributed by atoms with Gasteiger partial charge in [-0.2, -0.15) is 5.26 Å². The van der Waals surface area contributed by atoms with Crippen molar-refractivity contribution in [2.75, 3.05) is 31.7 Å². The lowest BCUT2D eigenvalue weighted by molar-refractivity contribution is 0.249. The minimum Gasteiger partial charge on any atom is -0.360 e. The molecule has 1 aromatic carbocycles. The molecule has 8 heteroatoms. The fraction of sp³-hybridized carbons (Fsp3) is 0.435. The molecule has 0 saturated carbocycles. The molecule has 0 radical (unpaired) electrons. The molecule has 1 aliphatic heterocycles. The van der Waals surface area contributed by atoms with E-state index in [0.29, 0.717) is 16.8 Å². The minimum atomic E-state index is -2.66. The molecule has 4 rings (SSSR count). The van der Waals surface area contributed by atoms with Crippen LogP contribution in [0.3, 0.4) is 0 Å². The van der Waals surface area contributed by atoms with Crippen molar-refractivity contribution in [2.24, 2.45) is 5.41 Å². The number of aromatic nitrogens is 3. The summed E-state index contributed by atoms with van der Waals surface area (Å²) in [5.41, 5.74) is 4.11. The Kier molecular flexibility index (Phi) is 5.41. The summed E-state index contributed by atoms with van der Waals surface area (Å²) in [6.45, 7) is 11.8. The second kappa shape index (κ2) is 7.78. The molecule has 2 aromatic heterocycles. The van der Waals surface area contributed by atoms with E-state index in [1.807, 2.05) is 25.4 Å². The van der Waals surface area contributed by atoms with Crippen LogP contribution in [-0.4, -0.2) is 47.4 Å². The summed E-state index contributed by atoms with van der Waals surface area (Å²) >= 11 is 0. The van der Waals surface area contributed by atoms with Gasteiger partial charge in [-0.15, -0.1) is 0 Å². The monoisotopic (exact) mass is 436 g/mol. The van der Waals surface area contributed by atoms with Gasteiger partial charge in [0.2, 0.25) is 5.95 Å². The van der Waals surface area contributed by atoms with Crippen molar-refractivity contribution >= 4 is 29.3 Å². The van der Waals surface area contributed by atoms with E-state index in [0.717, 1.165) is 47.2 Å². The van der Waals surface area contributed by atoms with Crippen LogP contribution < -0.4 is 15.9 Å². The number of rotatable bonds is 4. The number of nitrogens with one attached hydrogen (secondary N) is 3. The van der Waals surface area contributed by atoms with Gasteiger partial charge >= 0.3 is 0 Å². The fourth-order valence-electron chi connectivity index (χ4n) is 4.49. The topological polar surface area (TPSA) is 106 Å². The van der Waals surface area contributed by atoms with Crippen molar-refractivity contribution < 1.29 is 4.57 Å². The van der Waals surface area contributed by atoms with Crippen molar-refractivity contribution in [3.63, 3.8) is 0 Å². The molecular formula is C23H29N6OP. The summed E-state index contributed by atoms with van der Waals surface area (Å²) in [7, 11) is -2.66. The van der Waals surface area contributed by atoms with Crippen molar-refractivity contribution in [2.45, 2.75) is 33.2 Å². The molecule has 1 atom stereocenters. The third-order valence-corrected chi connectivity index (χ3v) is 7.38. The van der Waals surface area contributed by atoms with E-state index >= 15 is 0 Å². The maximum Gasteiger partial charge on any atom is 0.223 e. The molecule has 3 N–H and O–H groups in total. The van der Waals surface area contributed by atoms with Crippen LogP contribution in [0.2, 0.25) is 0 Å². The molecule has 3 heterocycles. The van der Waals surface area contributed by atoms with Crippen LogP contribution in [0, 0.1) is 23.7 Å². The summed E-state index contributed by atoms with van der Waals surface area (Å²) in [5, 5.41) is 18.0. The van der Waals surface area contributed by atoms with E-state index in [1.54, 1.807) is 19.4 Å². The zero-order chi connectivity index (χ0) is 22.4. The third kappa shape index (κ3) is 4.23. The zero-order valence-electron chi connectivity index (χ0n) is 18.7. The van der Waals surface area contributed by atoms with Gasteiger partial charge in [-0.25, -0.2) is 9.97 Å². The zero-order valence-corrected chi connectivity index (χ0v) is 19.6. The van der Waals surface area contributed by atoms with Crippen LogP contribution in [-0.2, 0) is 4.57 Å². The number of benzene rings is 1. The van der Waals surface area contributed by atoms with E-state index in [1.165, 1.54) is 0 Å². The number of aromatic amines is 1. The molecule has 7 nitrogen and oxygen atoms in total. The number of aryl methyl sites for hydroxylation is 1. The van der Waals surface area contributed by atoms with Gasteiger partial charge in [0.15, 0.2) is 0 Å². The lowest BCUT2D eigenvalue weighted by atomic mass is 9.83. The van der Waals surface area contributed by atoms with Gasteiger partial charge in [0.25, 0.3) is 0 Å². The van der Waals surface area contributed by atoms with E-state index in [2.05, 4.69) is 40.5 Å². The number of hydrogen-bond donors (Lipinski definition) is 3. The smallest absolute Gasteiger partial charge is 0.223 e. The number of piperidine rings is 1. The number of anilines is 1. The average molecular weight is 437 g/mol. The molecule has 31 heavy (non-hydrogen) atoms. The molecule has 0 bridgehead atoms. The van der Waals surface area contributed by atoms with Crippen molar-refractivity contribution in [3.05, 3.63) is 35.7 Å². The lowest BCUT2D eigenvalue weighted by Crippen LogP contribution is -2.47. The van der Waals surface area contributed by atoms with Crippen LogP contribution in [0.1, 0.15) is 31.4 Å². The van der Waals surface area contributed by atoms with E-state index in [9.17, 15) is 9.83 Å². The van der Waals surface area contributed by atoms with Crippen LogP contribution in [0.25, 0.3) is 22.2 Å². The normalized spacial score (nSPS) is 18.6. The SMILES string of the molecule is Cc1cnc(N[C@@H]2CNCC(C)(C)C2)nc1-c1c[nH]c2c(P(C)(C)=O)c(C#N)ccc12. The number of nitriles is 1. The van der Waals surface area contributed by atoms with Gasteiger partial charge < -0.3 is 20.2 Å². The molecular weight excluding hydrogens is 407 g/mol. The first-order valence-corrected chi connectivity index (χ1v) is 13.1. The largest absolute Gasteiger partial charge is 0.360 e. The Balaban J connectivity index is 1.76. The Hall–Kier alpha value is -2.68. The highest BCUT2D eigenvalue weighted by Crippen LogP contribution is 2.41. The molecule has 0 amide bonds. The van der Waals surface area contributed by atoms with Gasteiger partial charge in [0.05, 0.1) is 28.1 Å². The van der Waals surface area contributed by atoms with Crippen LogP contribution in [0.4, 0.5) is 5.95 Å². The molecule has 3 aromatic rings. The van der Waals surface area contributed by atoms with E-state index in [-0.39, 0.29) is 11.5 Å². The second-order valence-electron chi connectivity index (χ2n) is 9.62. The van der Waals surface area contributed by atoms with Crippen molar-refractivity contribution in [3.8, 4) is 17.3 Å². The number of H-pyrrole nitrogens is 1. The van der Waals surface area contributed by atoms with Gasteiger partial charge in [-0.05, 0) is 43.7 Å². The predicted octanol–water partition coefficient (Wildman–Crippen LogP) is 3.85. The molecule has 1 fully saturated rings. The Morgan fingerprint density at radius 1 is 1.32 bits per heavy atom. The first kappa shape index (κ1) is 21.5. The van der Waals surface area contributed by atoms with Crippen LogP contribution in [0.5, 0.6) is 0 Å². The summed E-state index contributed by atoms with van der Waals surface area (Å²) in [6.07, 6.45) is 4.76. The standard InChI is InChI=1S/C23H29N6OP/c1-14-10-27-22(28-16-8-23(2,3)13-25-11-16)29-19(14)18-12-26-20-17(18)7-6-15(9-24)21(20)31(4,5)30/h6-7,10,12,16,25-26H,8,11,13H2,1-5H3,(H,27,28,29)/t16-/m0/s1. The quantitative estimate of drug-likeness (QED) is 0.537. The molecule has 1 saturated heterocycles. The lowest BCUT2D eigenvalue weighted by Gasteiger charge is -2.36. The highest BCUT2D eigenvalue weighted by Gasteiger charge is 2.28. The summed E-state index contributed by atoms with van der Waals surface area (Å²) in [4.78, 5) is 12.6. The highest BCUT2D eigenvalue weighted by molar-refractivity contribution is 7.70. The third-order valence-electron chi connectivity index (χ3n) is 5.84. The summed E-state index contributed by atoms with van der Waals surface area (Å²) in [6, 6.07) is 6.10. The van der Waals surface area contributed by atoms with Crippen molar-refractivity contribution in [1.82, 2.24) is 20.3 Å². The van der Waals surface area contributed by atoms with Crippen LogP contribution >= 0.6 is 7.14 Å². The summed E-state index contributed by atoms with van der Waals surface area (Å²) in [5.74, 6) is 0.602. The van der Waals surface area contributed by atoms with Crippen molar-refractivity contribution in [1.29, 1.82) is 5.26 Å². The molecule has 0 aliphatic carbocycles. The van der Waals surface area contributed by atoms with E-state index < -0.39 is 7.14 Å².